The van der Waals surface area contributed by atoms with Crippen LogP contribution in [0.4, 0.5) is 4.39 Å². The van der Waals surface area contributed by atoms with Crippen LogP contribution < -0.4 is 4.74 Å². The molecule has 1 fully saturated rings. The summed E-state index contributed by atoms with van der Waals surface area (Å²) in [5.41, 5.74) is 2.58. The summed E-state index contributed by atoms with van der Waals surface area (Å²) in [5.74, 6) is 0.711. The summed E-state index contributed by atoms with van der Waals surface area (Å²) in [4.78, 5) is 14.2. The lowest BCUT2D eigenvalue weighted by molar-refractivity contribution is -0.130. The molecule has 6 heteroatoms. The van der Waals surface area contributed by atoms with Gasteiger partial charge in [-0.3, -0.25) is 4.79 Å². The van der Waals surface area contributed by atoms with E-state index in [4.69, 9.17) is 9.84 Å². The number of ether oxygens (including phenoxy) is 1. The first-order valence-corrected chi connectivity index (χ1v) is 10.3. The first-order chi connectivity index (χ1) is 14.4. The van der Waals surface area contributed by atoms with E-state index in [1.165, 1.54) is 12.1 Å². The van der Waals surface area contributed by atoms with Gasteiger partial charge in [0.2, 0.25) is 11.8 Å². The van der Waals surface area contributed by atoms with Crippen LogP contribution in [0.25, 0.3) is 5.69 Å². The Morgan fingerprint density at radius 2 is 1.93 bits per heavy atom. The fraction of sp³-hybridized carbons (Fsp3) is 0.333. The van der Waals surface area contributed by atoms with Gasteiger partial charge in [-0.25, -0.2) is 9.07 Å². The van der Waals surface area contributed by atoms with Gasteiger partial charge in [0.15, 0.2) is 0 Å². The largest absolute Gasteiger partial charge is 0.438 e. The molecule has 0 bridgehead atoms. The number of para-hydroxylation sites is 1. The minimum atomic E-state index is -0.368. The number of carbonyl (C=O) groups excluding carboxylic acids is 1. The van der Waals surface area contributed by atoms with Gasteiger partial charge in [0.1, 0.15) is 11.6 Å². The second-order valence-corrected chi connectivity index (χ2v) is 8.01. The quantitative estimate of drug-likeness (QED) is 0.524. The fourth-order valence-corrected chi connectivity index (χ4v) is 3.61. The van der Waals surface area contributed by atoms with Crippen LogP contribution in [0.5, 0.6) is 11.6 Å². The zero-order chi connectivity index (χ0) is 21.3. The predicted octanol–water partition coefficient (Wildman–Crippen LogP) is 5.44. The van der Waals surface area contributed by atoms with Crippen molar-refractivity contribution in [2.75, 3.05) is 0 Å². The van der Waals surface area contributed by atoms with Crippen molar-refractivity contribution in [3.05, 3.63) is 71.7 Å². The third kappa shape index (κ3) is 4.22. The van der Waals surface area contributed by atoms with E-state index >= 15 is 0 Å². The molecule has 0 spiro atoms. The second-order valence-electron chi connectivity index (χ2n) is 8.01. The molecule has 5 nitrogen and oxygen atoms in total. The normalized spacial score (nSPS) is 13.5. The van der Waals surface area contributed by atoms with Crippen molar-refractivity contribution in [1.82, 2.24) is 14.7 Å². The molecule has 156 valence electrons. The van der Waals surface area contributed by atoms with Crippen molar-refractivity contribution in [3.63, 3.8) is 0 Å². The Bertz CT molecular complexity index is 1040. The molecule has 0 unspecified atom stereocenters. The average Bonchev–Trinajstić information content (AvgIpc) is 3.49. The predicted molar refractivity (Wildman–Crippen MR) is 113 cm³/mol. The number of benzene rings is 2. The molecule has 0 N–H and O–H groups in total. The van der Waals surface area contributed by atoms with Crippen molar-refractivity contribution in [1.29, 1.82) is 0 Å². The van der Waals surface area contributed by atoms with Crippen LogP contribution in [0.1, 0.15) is 50.8 Å². The Labute approximate surface area is 176 Å². The van der Waals surface area contributed by atoms with E-state index in [0.29, 0.717) is 18.2 Å². The van der Waals surface area contributed by atoms with Gasteiger partial charge >= 0.3 is 0 Å². The maximum atomic E-state index is 13.8. The Kier molecular flexibility index (Phi) is 5.57. The number of hydrogen-bond acceptors (Lipinski definition) is 3. The standard InChI is InChI=1S/C24H26FN3O2/c1-16(2)23-22(15-27(17(3)29)19-12-13-19)24(30-21-11-7-8-18(25)14-21)28(26-23)20-9-5-4-6-10-20/h4-11,14,16,19H,12-13,15H2,1-3H3. The van der Waals surface area contributed by atoms with E-state index in [2.05, 4.69) is 13.8 Å². The van der Waals surface area contributed by atoms with E-state index in [9.17, 15) is 9.18 Å². The van der Waals surface area contributed by atoms with Gasteiger partial charge in [-0.05, 0) is 43.0 Å². The smallest absolute Gasteiger partial charge is 0.227 e. The molecule has 4 rings (SSSR count). The van der Waals surface area contributed by atoms with Crippen LogP contribution in [-0.4, -0.2) is 26.6 Å². The summed E-state index contributed by atoms with van der Waals surface area (Å²) in [6.07, 6.45) is 2.03. The highest BCUT2D eigenvalue weighted by atomic mass is 19.1. The van der Waals surface area contributed by atoms with E-state index in [1.807, 2.05) is 35.2 Å². The zero-order valence-corrected chi connectivity index (χ0v) is 17.5. The first-order valence-electron chi connectivity index (χ1n) is 10.3. The molecule has 0 atom stereocenters. The number of carbonyl (C=O) groups is 1. The van der Waals surface area contributed by atoms with Gasteiger partial charge in [-0.1, -0.05) is 38.1 Å². The van der Waals surface area contributed by atoms with Gasteiger partial charge < -0.3 is 9.64 Å². The topological polar surface area (TPSA) is 47.4 Å². The number of amides is 1. The molecule has 1 amide bonds. The summed E-state index contributed by atoms with van der Waals surface area (Å²) in [7, 11) is 0. The Morgan fingerprint density at radius 3 is 2.53 bits per heavy atom. The molecular formula is C24H26FN3O2. The number of hydrogen-bond donors (Lipinski definition) is 0. The van der Waals surface area contributed by atoms with Gasteiger partial charge in [0.25, 0.3) is 0 Å². The van der Waals surface area contributed by atoms with Crippen LogP contribution in [0.3, 0.4) is 0 Å². The monoisotopic (exact) mass is 407 g/mol. The zero-order valence-electron chi connectivity index (χ0n) is 17.5. The van der Waals surface area contributed by atoms with E-state index in [0.717, 1.165) is 29.8 Å². The average molecular weight is 407 g/mol. The number of rotatable bonds is 7. The molecule has 1 aliphatic carbocycles. The maximum absolute atomic E-state index is 13.8. The Balaban J connectivity index is 1.85. The molecule has 3 aromatic rings. The lowest BCUT2D eigenvalue weighted by Crippen LogP contribution is -2.30. The van der Waals surface area contributed by atoms with Gasteiger partial charge in [-0.2, -0.15) is 5.10 Å². The van der Waals surface area contributed by atoms with Crippen molar-refractivity contribution < 1.29 is 13.9 Å². The third-order valence-electron chi connectivity index (χ3n) is 5.25. The SMILES string of the molecule is CC(=O)N(Cc1c(C(C)C)nn(-c2ccccc2)c1Oc1cccc(F)c1)C1CC1. The van der Waals surface area contributed by atoms with Crippen LogP contribution in [0.2, 0.25) is 0 Å². The fourth-order valence-electron chi connectivity index (χ4n) is 3.61. The van der Waals surface area contributed by atoms with Crippen molar-refractivity contribution in [2.45, 2.75) is 52.1 Å². The highest BCUT2D eigenvalue weighted by Gasteiger charge is 2.34. The third-order valence-corrected chi connectivity index (χ3v) is 5.25. The molecule has 1 aliphatic rings. The summed E-state index contributed by atoms with van der Waals surface area (Å²) < 4.78 is 21.8. The van der Waals surface area contributed by atoms with Crippen molar-refractivity contribution >= 4 is 5.91 Å². The molecule has 1 saturated carbocycles. The van der Waals surface area contributed by atoms with Crippen molar-refractivity contribution in [3.8, 4) is 17.3 Å². The van der Waals surface area contributed by atoms with Gasteiger partial charge in [0.05, 0.1) is 23.5 Å². The van der Waals surface area contributed by atoms with E-state index in [1.54, 1.807) is 23.7 Å². The molecule has 0 radical (unpaired) electrons. The summed E-state index contributed by atoms with van der Waals surface area (Å²) in [5, 5.41) is 4.85. The molecule has 0 aliphatic heterocycles. The minimum absolute atomic E-state index is 0.0383. The lowest BCUT2D eigenvalue weighted by Gasteiger charge is -2.22. The highest BCUT2D eigenvalue weighted by molar-refractivity contribution is 5.74. The highest BCUT2D eigenvalue weighted by Crippen LogP contribution is 2.37. The Hall–Kier alpha value is -3.15. The number of aromatic nitrogens is 2. The van der Waals surface area contributed by atoms with E-state index in [-0.39, 0.29) is 23.7 Å². The second kappa shape index (κ2) is 8.30. The number of nitrogens with zero attached hydrogens (tertiary/aromatic N) is 3. The van der Waals surface area contributed by atoms with Crippen LogP contribution in [0, 0.1) is 5.82 Å². The molecule has 2 aromatic carbocycles. The number of halogens is 1. The maximum Gasteiger partial charge on any atom is 0.227 e. The summed E-state index contributed by atoms with van der Waals surface area (Å²) >= 11 is 0. The molecule has 0 saturated heterocycles. The first kappa shape index (κ1) is 20.1. The van der Waals surface area contributed by atoms with Crippen LogP contribution >= 0.6 is 0 Å². The van der Waals surface area contributed by atoms with Crippen molar-refractivity contribution in [2.24, 2.45) is 0 Å². The van der Waals surface area contributed by atoms with Gasteiger partial charge in [-0.15, -0.1) is 0 Å². The van der Waals surface area contributed by atoms with Crippen LogP contribution in [-0.2, 0) is 11.3 Å². The molecule has 1 heterocycles. The Morgan fingerprint density at radius 1 is 1.20 bits per heavy atom. The van der Waals surface area contributed by atoms with Crippen LogP contribution in [0.15, 0.2) is 54.6 Å². The molecular weight excluding hydrogens is 381 g/mol. The van der Waals surface area contributed by atoms with Gasteiger partial charge in [0, 0.05) is 19.0 Å². The lowest BCUT2D eigenvalue weighted by atomic mass is 10.1. The van der Waals surface area contributed by atoms with E-state index < -0.39 is 0 Å². The summed E-state index contributed by atoms with van der Waals surface area (Å²) in [6, 6.07) is 16.0. The summed E-state index contributed by atoms with van der Waals surface area (Å²) in [6.45, 7) is 6.16. The molecule has 1 aromatic heterocycles. The molecule has 30 heavy (non-hydrogen) atoms. The minimum Gasteiger partial charge on any atom is -0.438 e.